The third kappa shape index (κ3) is 3.06. The molecule has 0 bridgehead atoms. The number of nitro benzene ring substituents is 1. The third-order valence-electron chi connectivity index (χ3n) is 1.78. The SMILES string of the molecule is CCCSc1ccc(C=O)cc1[N+](=O)[O-]. The minimum atomic E-state index is -0.453. The summed E-state index contributed by atoms with van der Waals surface area (Å²) < 4.78 is 0. The van der Waals surface area contributed by atoms with E-state index in [0.29, 0.717) is 16.7 Å². The molecule has 0 aliphatic rings. The number of thioether (sulfide) groups is 1. The van der Waals surface area contributed by atoms with Crippen LogP contribution in [0.25, 0.3) is 0 Å². The molecule has 1 rings (SSSR count). The van der Waals surface area contributed by atoms with Crippen molar-refractivity contribution in [1.82, 2.24) is 0 Å². The Kier molecular flexibility index (Phi) is 4.30. The first-order valence-corrected chi connectivity index (χ1v) is 5.54. The molecular weight excluding hydrogens is 214 g/mol. The molecule has 0 unspecified atom stereocenters. The van der Waals surface area contributed by atoms with E-state index in [2.05, 4.69) is 0 Å². The lowest BCUT2D eigenvalue weighted by molar-refractivity contribution is -0.387. The van der Waals surface area contributed by atoms with Crippen LogP contribution in [0.2, 0.25) is 0 Å². The van der Waals surface area contributed by atoms with Crippen LogP contribution in [0.15, 0.2) is 23.1 Å². The zero-order chi connectivity index (χ0) is 11.3. The van der Waals surface area contributed by atoms with Crippen molar-refractivity contribution < 1.29 is 9.72 Å². The Labute approximate surface area is 91.8 Å². The molecule has 0 saturated carbocycles. The molecule has 0 fully saturated rings. The molecule has 15 heavy (non-hydrogen) atoms. The second-order valence-electron chi connectivity index (χ2n) is 2.95. The van der Waals surface area contributed by atoms with Crippen molar-refractivity contribution >= 4 is 23.7 Å². The van der Waals surface area contributed by atoms with Crippen molar-refractivity contribution in [1.29, 1.82) is 0 Å². The summed E-state index contributed by atoms with van der Waals surface area (Å²) in [6.45, 7) is 2.01. The van der Waals surface area contributed by atoms with E-state index in [-0.39, 0.29) is 5.69 Å². The van der Waals surface area contributed by atoms with E-state index in [1.165, 1.54) is 17.8 Å². The topological polar surface area (TPSA) is 60.2 Å². The van der Waals surface area contributed by atoms with E-state index in [4.69, 9.17) is 0 Å². The van der Waals surface area contributed by atoms with Gasteiger partial charge in [0.2, 0.25) is 0 Å². The maximum absolute atomic E-state index is 10.7. The number of hydrogen-bond acceptors (Lipinski definition) is 4. The van der Waals surface area contributed by atoms with Crippen LogP contribution < -0.4 is 0 Å². The molecule has 0 N–H and O–H groups in total. The predicted octanol–water partition coefficient (Wildman–Crippen LogP) is 2.91. The van der Waals surface area contributed by atoms with Crippen molar-refractivity contribution in [3.8, 4) is 0 Å². The highest BCUT2D eigenvalue weighted by Crippen LogP contribution is 2.29. The summed E-state index contributed by atoms with van der Waals surface area (Å²) >= 11 is 1.44. The molecule has 0 heterocycles. The summed E-state index contributed by atoms with van der Waals surface area (Å²) in [4.78, 5) is 21.4. The van der Waals surface area contributed by atoms with E-state index < -0.39 is 4.92 Å². The number of carbonyl (C=O) groups is 1. The molecule has 0 aliphatic heterocycles. The van der Waals surface area contributed by atoms with Gasteiger partial charge in [0.05, 0.1) is 9.82 Å². The first-order chi connectivity index (χ1) is 7.19. The molecule has 1 aromatic carbocycles. The van der Waals surface area contributed by atoms with Crippen LogP contribution in [0.5, 0.6) is 0 Å². The number of nitro groups is 1. The summed E-state index contributed by atoms with van der Waals surface area (Å²) in [5.41, 5.74) is 0.348. The third-order valence-corrected chi connectivity index (χ3v) is 3.05. The van der Waals surface area contributed by atoms with Gasteiger partial charge < -0.3 is 0 Å². The molecule has 0 aromatic heterocycles. The molecule has 4 nitrogen and oxygen atoms in total. The van der Waals surface area contributed by atoms with Crippen LogP contribution in [-0.2, 0) is 0 Å². The van der Waals surface area contributed by atoms with E-state index in [0.717, 1.165) is 12.2 Å². The van der Waals surface area contributed by atoms with Gasteiger partial charge in [0, 0.05) is 11.6 Å². The average Bonchev–Trinajstić information content (AvgIpc) is 2.26. The van der Waals surface area contributed by atoms with Gasteiger partial charge in [0.1, 0.15) is 6.29 Å². The Bertz CT molecular complexity index is 379. The highest BCUT2D eigenvalue weighted by atomic mass is 32.2. The number of aldehydes is 1. The predicted molar refractivity (Wildman–Crippen MR) is 59.5 cm³/mol. The first-order valence-electron chi connectivity index (χ1n) is 4.55. The summed E-state index contributed by atoms with van der Waals surface area (Å²) in [5, 5.41) is 10.7. The summed E-state index contributed by atoms with van der Waals surface area (Å²) in [5.74, 6) is 0.835. The molecule has 0 amide bonds. The minimum absolute atomic E-state index is 0.0121. The van der Waals surface area contributed by atoms with E-state index in [1.54, 1.807) is 12.1 Å². The number of hydrogen-bond donors (Lipinski definition) is 0. The molecule has 1 aromatic rings. The largest absolute Gasteiger partial charge is 0.298 e. The van der Waals surface area contributed by atoms with Gasteiger partial charge in [-0.25, -0.2) is 0 Å². The second-order valence-corrected chi connectivity index (χ2v) is 4.09. The van der Waals surface area contributed by atoms with E-state index in [1.807, 2.05) is 6.92 Å². The zero-order valence-electron chi connectivity index (χ0n) is 8.30. The van der Waals surface area contributed by atoms with Gasteiger partial charge in [-0.2, -0.15) is 0 Å². The summed E-state index contributed by atoms with van der Waals surface area (Å²) in [6.07, 6.45) is 1.57. The Morgan fingerprint density at radius 2 is 2.27 bits per heavy atom. The smallest absolute Gasteiger partial charge is 0.283 e. The quantitative estimate of drug-likeness (QED) is 0.334. The van der Waals surface area contributed by atoms with Gasteiger partial charge in [0.25, 0.3) is 5.69 Å². The fraction of sp³-hybridized carbons (Fsp3) is 0.300. The molecule has 0 saturated heterocycles. The number of benzene rings is 1. The lowest BCUT2D eigenvalue weighted by atomic mass is 10.2. The first kappa shape index (κ1) is 11.7. The van der Waals surface area contributed by atoms with Crippen LogP contribution >= 0.6 is 11.8 Å². The van der Waals surface area contributed by atoms with E-state index >= 15 is 0 Å². The van der Waals surface area contributed by atoms with Crippen LogP contribution in [0.3, 0.4) is 0 Å². The van der Waals surface area contributed by atoms with Crippen LogP contribution in [0.4, 0.5) is 5.69 Å². The van der Waals surface area contributed by atoms with Gasteiger partial charge in [-0.05, 0) is 18.2 Å². The Morgan fingerprint density at radius 1 is 1.53 bits per heavy atom. The zero-order valence-corrected chi connectivity index (χ0v) is 9.12. The molecular formula is C10H11NO3S. The molecule has 0 atom stereocenters. The van der Waals surface area contributed by atoms with Crippen molar-refractivity contribution in [3.63, 3.8) is 0 Å². The van der Waals surface area contributed by atoms with Gasteiger partial charge in [-0.3, -0.25) is 14.9 Å². The van der Waals surface area contributed by atoms with Crippen molar-refractivity contribution in [3.05, 3.63) is 33.9 Å². The maximum atomic E-state index is 10.7. The highest BCUT2D eigenvalue weighted by Gasteiger charge is 2.14. The Balaban J connectivity index is 3.03. The molecule has 0 aliphatic carbocycles. The fourth-order valence-corrected chi connectivity index (χ4v) is 1.95. The van der Waals surface area contributed by atoms with Crippen molar-refractivity contribution in [2.45, 2.75) is 18.2 Å². The molecule has 0 spiro atoms. The lowest BCUT2D eigenvalue weighted by Crippen LogP contribution is -1.93. The summed E-state index contributed by atoms with van der Waals surface area (Å²) in [7, 11) is 0. The highest BCUT2D eigenvalue weighted by molar-refractivity contribution is 7.99. The normalized spacial score (nSPS) is 9.93. The van der Waals surface area contributed by atoms with Gasteiger partial charge >= 0.3 is 0 Å². The fourth-order valence-electron chi connectivity index (χ4n) is 1.08. The number of carbonyl (C=O) groups excluding carboxylic acids is 1. The monoisotopic (exact) mass is 225 g/mol. The summed E-state index contributed by atoms with van der Waals surface area (Å²) in [6, 6.07) is 4.53. The second kappa shape index (κ2) is 5.50. The van der Waals surface area contributed by atoms with Crippen molar-refractivity contribution in [2.24, 2.45) is 0 Å². The van der Waals surface area contributed by atoms with Crippen LogP contribution in [0.1, 0.15) is 23.7 Å². The van der Waals surface area contributed by atoms with Crippen LogP contribution in [-0.4, -0.2) is 17.0 Å². The van der Waals surface area contributed by atoms with Crippen LogP contribution in [0, 0.1) is 10.1 Å². The Hall–Kier alpha value is -1.36. The molecule has 0 radical (unpaired) electrons. The standard InChI is InChI=1S/C10H11NO3S/c1-2-5-15-10-4-3-8(7-12)6-9(10)11(13)14/h3-4,6-7H,2,5H2,1H3. The van der Waals surface area contributed by atoms with Crippen molar-refractivity contribution in [2.75, 3.05) is 5.75 Å². The number of nitrogens with zero attached hydrogens (tertiary/aromatic N) is 1. The Morgan fingerprint density at radius 3 is 2.80 bits per heavy atom. The number of rotatable bonds is 5. The maximum Gasteiger partial charge on any atom is 0.283 e. The van der Waals surface area contributed by atoms with Gasteiger partial charge in [-0.15, -0.1) is 11.8 Å². The minimum Gasteiger partial charge on any atom is -0.298 e. The molecule has 5 heteroatoms. The van der Waals surface area contributed by atoms with E-state index in [9.17, 15) is 14.9 Å². The average molecular weight is 225 g/mol. The van der Waals surface area contributed by atoms with Gasteiger partial charge in [-0.1, -0.05) is 13.0 Å². The van der Waals surface area contributed by atoms with Gasteiger partial charge in [0.15, 0.2) is 0 Å². The lowest BCUT2D eigenvalue weighted by Gasteiger charge is -2.01. The molecule has 80 valence electrons.